The topological polar surface area (TPSA) is 47.9 Å². The van der Waals surface area contributed by atoms with Gasteiger partial charge >= 0.3 is 0 Å². The number of hydrogen-bond acceptors (Lipinski definition) is 4. The van der Waals surface area contributed by atoms with Crippen LogP contribution < -0.4 is 9.47 Å². The van der Waals surface area contributed by atoms with Crippen molar-refractivity contribution in [3.8, 4) is 11.5 Å². The summed E-state index contributed by atoms with van der Waals surface area (Å²) in [6.45, 7) is 6.70. The molecule has 0 aliphatic carbocycles. The van der Waals surface area contributed by atoms with Gasteiger partial charge in [-0.1, -0.05) is 32.0 Å². The summed E-state index contributed by atoms with van der Waals surface area (Å²) in [5.41, 5.74) is 5.68. The molecule has 2 aromatic carbocycles. The number of Topliss-reactive ketones (excluding diaryl/α,β-unsaturated/α-hetero) is 1. The Morgan fingerprint density at radius 1 is 1.00 bits per heavy atom. The van der Waals surface area contributed by atoms with Crippen LogP contribution in [0.25, 0.3) is 0 Å². The van der Waals surface area contributed by atoms with Crippen molar-refractivity contribution in [1.29, 1.82) is 0 Å². The van der Waals surface area contributed by atoms with Gasteiger partial charge in [-0.3, -0.25) is 9.79 Å². The van der Waals surface area contributed by atoms with Gasteiger partial charge in [-0.25, -0.2) is 0 Å². The summed E-state index contributed by atoms with van der Waals surface area (Å²) >= 11 is 0. The first kappa shape index (κ1) is 18.2. The zero-order chi connectivity index (χ0) is 18.7. The molecule has 0 unspecified atom stereocenters. The Kier molecular flexibility index (Phi) is 5.40. The lowest BCUT2D eigenvalue weighted by Crippen LogP contribution is -2.16. The lowest BCUT2D eigenvalue weighted by atomic mass is 9.91. The molecular formula is C22H25NO3. The maximum Gasteiger partial charge on any atom is 0.171 e. The number of carbonyl (C=O) groups excluding carboxylic acids is 1. The van der Waals surface area contributed by atoms with Crippen LogP contribution in [-0.2, 0) is 12.8 Å². The molecule has 0 saturated carbocycles. The van der Waals surface area contributed by atoms with Crippen LogP contribution in [0.4, 0.5) is 5.69 Å². The summed E-state index contributed by atoms with van der Waals surface area (Å²) in [6.07, 6.45) is 2.22. The van der Waals surface area contributed by atoms with Crippen LogP contribution in [0.15, 0.2) is 35.3 Å². The van der Waals surface area contributed by atoms with Gasteiger partial charge in [0.05, 0.1) is 31.5 Å². The van der Waals surface area contributed by atoms with Gasteiger partial charge in [-0.15, -0.1) is 0 Å². The molecular weight excluding hydrogens is 326 g/mol. The molecule has 0 spiro atoms. The molecule has 4 nitrogen and oxygen atoms in total. The zero-order valence-electron chi connectivity index (χ0n) is 15.9. The molecule has 0 saturated heterocycles. The lowest BCUT2D eigenvalue weighted by molar-refractivity contribution is 0.0999. The van der Waals surface area contributed by atoms with Crippen LogP contribution in [-0.4, -0.2) is 25.2 Å². The highest BCUT2D eigenvalue weighted by Gasteiger charge is 2.24. The van der Waals surface area contributed by atoms with Gasteiger partial charge < -0.3 is 9.47 Å². The zero-order valence-corrected chi connectivity index (χ0v) is 15.9. The fourth-order valence-electron chi connectivity index (χ4n) is 3.32. The van der Waals surface area contributed by atoms with E-state index in [1.165, 1.54) is 11.1 Å². The minimum atomic E-state index is 0.0650. The quantitative estimate of drug-likeness (QED) is 0.742. The number of benzene rings is 2. The van der Waals surface area contributed by atoms with Gasteiger partial charge in [0, 0.05) is 11.6 Å². The minimum absolute atomic E-state index is 0.0650. The van der Waals surface area contributed by atoms with Crippen molar-refractivity contribution in [2.45, 2.75) is 40.0 Å². The van der Waals surface area contributed by atoms with E-state index in [2.05, 4.69) is 32.0 Å². The number of carbonyl (C=O) groups is 1. The van der Waals surface area contributed by atoms with Crippen molar-refractivity contribution in [2.24, 2.45) is 4.99 Å². The van der Waals surface area contributed by atoms with Crippen LogP contribution >= 0.6 is 0 Å². The average molecular weight is 351 g/mol. The van der Waals surface area contributed by atoms with Crippen LogP contribution in [0.3, 0.4) is 0 Å². The fourth-order valence-corrected chi connectivity index (χ4v) is 3.32. The summed E-state index contributed by atoms with van der Waals surface area (Å²) in [4.78, 5) is 17.6. The molecule has 0 N–H and O–H groups in total. The molecule has 1 aliphatic heterocycles. The van der Waals surface area contributed by atoms with Gasteiger partial charge in [0.1, 0.15) is 0 Å². The van der Waals surface area contributed by atoms with Gasteiger partial charge in [0.25, 0.3) is 0 Å². The number of rotatable bonds is 6. The van der Waals surface area contributed by atoms with E-state index in [1.807, 2.05) is 6.92 Å². The van der Waals surface area contributed by atoms with E-state index >= 15 is 0 Å². The first-order valence-corrected chi connectivity index (χ1v) is 9.18. The van der Waals surface area contributed by atoms with E-state index < -0.39 is 0 Å². The second-order valence-electron chi connectivity index (χ2n) is 6.31. The number of aryl methyl sites for hydroxylation is 2. The molecule has 1 heterocycles. The number of hydrogen-bond donors (Lipinski definition) is 0. The summed E-state index contributed by atoms with van der Waals surface area (Å²) in [6, 6.07) is 9.98. The lowest BCUT2D eigenvalue weighted by Gasteiger charge is -2.19. The number of fused-ring (bicyclic) bond motifs is 1. The van der Waals surface area contributed by atoms with Crippen LogP contribution in [0.2, 0.25) is 0 Å². The first-order chi connectivity index (χ1) is 12.6. The van der Waals surface area contributed by atoms with Crippen molar-refractivity contribution < 1.29 is 14.3 Å². The third kappa shape index (κ3) is 3.36. The third-order valence-corrected chi connectivity index (χ3v) is 4.74. The van der Waals surface area contributed by atoms with Crippen LogP contribution in [0.1, 0.15) is 54.2 Å². The molecule has 0 fully saturated rings. The molecule has 3 rings (SSSR count). The monoisotopic (exact) mass is 351 g/mol. The summed E-state index contributed by atoms with van der Waals surface area (Å²) in [5, 5.41) is 0. The van der Waals surface area contributed by atoms with Crippen molar-refractivity contribution in [3.05, 3.63) is 52.6 Å². The van der Waals surface area contributed by atoms with E-state index in [1.54, 1.807) is 19.2 Å². The van der Waals surface area contributed by atoms with Gasteiger partial charge in [-0.05, 0) is 42.5 Å². The highest BCUT2D eigenvalue weighted by atomic mass is 16.5. The molecule has 1 aliphatic rings. The van der Waals surface area contributed by atoms with E-state index in [4.69, 9.17) is 14.5 Å². The highest BCUT2D eigenvalue weighted by Crippen LogP contribution is 2.38. The Morgan fingerprint density at radius 3 is 2.46 bits per heavy atom. The second kappa shape index (κ2) is 7.73. The molecule has 0 aromatic heterocycles. The van der Waals surface area contributed by atoms with E-state index in [0.29, 0.717) is 35.8 Å². The fraction of sp³-hybridized carbons (Fsp3) is 0.364. The van der Waals surface area contributed by atoms with Gasteiger partial charge in [0.15, 0.2) is 17.3 Å². The molecule has 26 heavy (non-hydrogen) atoms. The van der Waals surface area contributed by atoms with E-state index in [-0.39, 0.29) is 5.78 Å². The van der Waals surface area contributed by atoms with Crippen molar-refractivity contribution in [1.82, 2.24) is 0 Å². The number of methoxy groups -OCH3 is 1. The molecule has 2 aromatic rings. The molecule has 4 heteroatoms. The smallest absolute Gasteiger partial charge is 0.171 e. The molecule has 0 atom stereocenters. The second-order valence-corrected chi connectivity index (χ2v) is 6.31. The normalized spacial score (nSPS) is 13.2. The van der Waals surface area contributed by atoms with Gasteiger partial charge in [-0.2, -0.15) is 0 Å². The summed E-state index contributed by atoms with van der Waals surface area (Å²) < 4.78 is 11.0. The average Bonchev–Trinajstić information content (AvgIpc) is 2.67. The first-order valence-electron chi connectivity index (χ1n) is 9.18. The Hall–Kier alpha value is -2.62. The van der Waals surface area contributed by atoms with E-state index in [0.717, 1.165) is 24.1 Å². The highest BCUT2D eigenvalue weighted by molar-refractivity contribution is 6.21. The minimum Gasteiger partial charge on any atom is -0.493 e. The Balaban J connectivity index is 2.10. The van der Waals surface area contributed by atoms with Gasteiger partial charge in [0.2, 0.25) is 0 Å². The molecule has 0 bridgehead atoms. The SMILES string of the molecule is CCOc1cc2c(cc1OC)N=C(c1ccc(CC)cc1CC)CC2=O. The third-order valence-electron chi connectivity index (χ3n) is 4.74. The number of aliphatic imine (C=N–C) groups is 1. The van der Waals surface area contributed by atoms with Crippen LogP contribution in [0, 0.1) is 0 Å². The number of ketones is 1. The maximum atomic E-state index is 12.8. The van der Waals surface area contributed by atoms with Crippen molar-refractivity contribution in [2.75, 3.05) is 13.7 Å². The Morgan fingerprint density at radius 2 is 1.81 bits per heavy atom. The molecule has 0 amide bonds. The largest absolute Gasteiger partial charge is 0.493 e. The number of nitrogens with zero attached hydrogens (tertiary/aromatic N) is 1. The van der Waals surface area contributed by atoms with Crippen molar-refractivity contribution >= 4 is 17.2 Å². The summed E-state index contributed by atoms with van der Waals surface area (Å²) in [7, 11) is 1.60. The maximum absolute atomic E-state index is 12.8. The predicted octanol–water partition coefficient (Wildman–Crippen LogP) is 4.93. The molecule has 136 valence electrons. The predicted molar refractivity (Wildman–Crippen MR) is 105 cm³/mol. The van der Waals surface area contributed by atoms with Crippen molar-refractivity contribution in [3.63, 3.8) is 0 Å². The Labute approximate surface area is 154 Å². The van der Waals surface area contributed by atoms with E-state index in [9.17, 15) is 4.79 Å². The standard InChI is InChI=1S/C22H25NO3/c1-5-14-8-9-16(15(6-2)10-14)18-12-20(24)17-11-22(26-7-3)21(25-4)13-19(17)23-18/h8-11,13H,5-7,12H2,1-4H3. The Bertz CT molecular complexity index is 868. The summed E-state index contributed by atoms with van der Waals surface area (Å²) in [5.74, 6) is 1.25. The van der Waals surface area contributed by atoms with Crippen LogP contribution in [0.5, 0.6) is 11.5 Å². The number of ether oxygens (including phenoxy) is 2. The molecule has 0 radical (unpaired) electrons.